The fourth-order valence-corrected chi connectivity index (χ4v) is 3.42. The molecular formula is C21H26BrNO5. The number of Topliss-reactive ketones (excluding diaryl/α,β-unsaturated/α-hetero) is 1. The zero-order valence-electron chi connectivity index (χ0n) is 16.3. The van der Waals surface area contributed by atoms with E-state index in [9.17, 15) is 9.90 Å². The van der Waals surface area contributed by atoms with Gasteiger partial charge in [-0.15, -0.1) is 0 Å². The van der Waals surface area contributed by atoms with Gasteiger partial charge in [-0.25, -0.2) is 0 Å². The number of halogens is 1. The molecule has 4 N–H and O–H groups in total. The Hall–Kier alpha value is -2.25. The number of phenols is 1. The van der Waals surface area contributed by atoms with Gasteiger partial charge in [0.15, 0.2) is 17.3 Å². The van der Waals surface area contributed by atoms with Gasteiger partial charge in [-0.2, -0.15) is 0 Å². The maximum Gasteiger partial charge on any atom is 0.186 e. The van der Waals surface area contributed by atoms with Crippen molar-refractivity contribution in [3.63, 3.8) is 0 Å². The van der Waals surface area contributed by atoms with Crippen LogP contribution in [0.1, 0.15) is 48.2 Å². The standard InChI is InChI=1S/C21H26BrNO5/c1-4-6-15-17(8-7-14(13(3)25)19(15)26)28-20-16(22)11-12(2)18(23)21(20)27-10-5-9-24/h7-8,11,24,26H,4-6,9-10,23H2,1-3H3. The normalized spacial score (nSPS) is 10.8. The smallest absolute Gasteiger partial charge is 0.186 e. The minimum atomic E-state index is -0.213. The molecule has 0 spiro atoms. The number of aliphatic hydroxyl groups excluding tert-OH is 1. The lowest BCUT2D eigenvalue weighted by Gasteiger charge is -2.20. The zero-order chi connectivity index (χ0) is 20.8. The van der Waals surface area contributed by atoms with E-state index in [0.717, 1.165) is 12.0 Å². The number of aliphatic hydroxyl groups is 1. The largest absolute Gasteiger partial charge is 0.507 e. The molecule has 0 saturated carbocycles. The predicted octanol–water partition coefficient (Wildman–Crippen LogP) is 4.75. The second kappa shape index (κ2) is 9.80. The van der Waals surface area contributed by atoms with E-state index in [2.05, 4.69) is 15.9 Å². The highest BCUT2D eigenvalue weighted by atomic mass is 79.9. The van der Waals surface area contributed by atoms with E-state index in [1.165, 1.54) is 6.92 Å². The highest BCUT2D eigenvalue weighted by Crippen LogP contribution is 2.46. The van der Waals surface area contributed by atoms with E-state index in [1.54, 1.807) is 12.1 Å². The lowest BCUT2D eigenvalue weighted by Crippen LogP contribution is -2.06. The monoisotopic (exact) mass is 451 g/mol. The summed E-state index contributed by atoms with van der Waals surface area (Å²) < 4.78 is 12.5. The molecule has 0 aliphatic heterocycles. The molecule has 152 valence electrons. The average Bonchev–Trinajstić information content (AvgIpc) is 2.64. The van der Waals surface area contributed by atoms with Gasteiger partial charge in [0.1, 0.15) is 11.5 Å². The summed E-state index contributed by atoms with van der Waals surface area (Å²) in [6, 6.07) is 5.04. The van der Waals surface area contributed by atoms with Crippen LogP contribution >= 0.6 is 15.9 Å². The lowest BCUT2D eigenvalue weighted by molar-refractivity contribution is 0.101. The Morgan fingerprint density at radius 2 is 2.00 bits per heavy atom. The van der Waals surface area contributed by atoms with Crippen LogP contribution in [0.25, 0.3) is 0 Å². The highest BCUT2D eigenvalue weighted by molar-refractivity contribution is 9.10. The summed E-state index contributed by atoms with van der Waals surface area (Å²) in [6.45, 7) is 5.54. The molecule has 0 radical (unpaired) electrons. The summed E-state index contributed by atoms with van der Waals surface area (Å²) in [7, 11) is 0. The summed E-state index contributed by atoms with van der Waals surface area (Å²) in [6.07, 6.45) is 1.77. The molecule has 0 aliphatic rings. The van der Waals surface area contributed by atoms with Crippen molar-refractivity contribution in [1.29, 1.82) is 0 Å². The summed E-state index contributed by atoms with van der Waals surface area (Å²) in [4.78, 5) is 11.8. The minimum Gasteiger partial charge on any atom is -0.507 e. The average molecular weight is 452 g/mol. The predicted molar refractivity (Wildman–Crippen MR) is 113 cm³/mol. The maximum absolute atomic E-state index is 11.8. The molecule has 0 saturated heterocycles. The number of hydrogen-bond donors (Lipinski definition) is 3. The number of rotatable bonds is 9. The summed E-state index contributed by atoms with van der Waals surface area (Å²) in [5.41, 5.74) is 8.28. The van der Waals surface area contributed by atoms with Crippen LogP contribution in [0.3, 0.4) is 0 Å². The Labute approximate surface area is 173 Å². The molecule has 0 unspecified atom stereocenters. The van der Waals surface area contributed by atoms with Crippen LogP contribution in [-0.4, -0.2) is 29.2 Å². The number of carbonyl (C=O) groups excluding carboxylic acids is 1. The van der Waals surface area contributed by atoms with Gasteiger partial charge in [0.05, 0.1) is 22.3 Å². The van der Waals surface area contributed by atoms with Crippen molar-refractivity contribution in [2.45, 2.75) is 40.0 Å². The van der Waals surface area contributed by atoms with Crippen molar-refractivity contribution in [1.82, 2.24) is 0 Å². The lowest BCUT2D eigenvalue weighted by atomic mass is 10.0. The molecule has 0 fully saturated rings. The number of phenolic OH excluding ortho intramolecular Hbond substituents is 1. The molecule has 2 rings (SSSR count). The van der Waals surface area contributed by atoms with Gasteiger partial charge in [0, 0.05) is 18.6 Å². The van der Waals surface area contributed by atoms with Crippen LogP contribution in [0.15, 0.2) is 22.7 Å². The first-order chi connectivity index (χ1) is 13.3. The summed E-state index contributed by atoms with van der Waals surface area (Å²) in [5, 5.41) is 19.6. The molecule has 7 heteroatoms. The van der Waals surface area contributed by atoms with Gasteiger partial charge in [0.25, 0.3) is 0 Å². The zero-order valence-corrected chi connectivity index (χ0v) is 17.9. The molecule has 6 nitrogen and oxygen atoms in total. The third-order valence-corrected chi connectivity index (χ3v) is 4.90. The van der Waals surface area contributed by atoms with Gasteiger partial charge >= 0.3 is 0 Å². The number of aromatic hydroxyl groups is 1. The van der Waals surface area contributed by atoms with Crippen molar-refractivity contribution in [3.8, 4) is 23.0 Å². The van der Waals surface area contributed by atoms with Crippen molar-refractivity contribution in [3.05, 3.63) is 39.4 Å². The molecule has 0 aromatic heterocycles. The number of anilines is 1. The molecule has 2 aromatic rings. The van der Waals surface area contributed by atoms with Crippen molar-refractivity contribution in [2.75, 3.05) is 18.9 Å². The van der Waals surface area contributed by atoms with Crippen LogP contribution in [0.2, 0.25) is 0 Å². The summed E-state index contributed by atoms with van der Waals surface area (Å²) >= 11 is 3.49. The third-order valence-electron chi connectivity index (χ3n) is 4.32. The fraction of sp³-hybridized carbons (Fsp3) is 0.381. The number of benzene rings is 2. The van der Waals surface area contributed by atoms with Crippen LogP contribution in [-0.2, 0) is 6.42 Å². The second-order valence-corrected chi connectivity index (χ2v) is 7.37. The Morgan fingerprint density at radius 1 is 1.29 bits per heavy atom. The van der Waals surface area contributed by atoms with Gasteiger partial charge in [-0.3, -0.25) is 4.79 Å². The molecule has 0 bridgehead atoms. The molecular weight excluding hydrogens is 426 g/mol. The van der Waals surface area contributed by atoms with Crippen LogP contribution in [0.5, 0.6) is 23.0 Å². The minimum absolute atomic E-state index is 0.00408. The number of carbonyl (C=O) groups is 1. The van der Waals surface area contributed by atoms with Gasteiger partial charge in [-0.1, -0.05) is 13.3 Å². The number of ether oxygens (including phenoxy) is 2. The van der Waals surface area contributed by atoms with Gasteiger partial charge in [-0.05, 0) is 60.0 Å². The van der Waals surface area contributed by atoms with Crippen molar-refractivity contribution in [2.24, 2.45) is 0 Å². The Bertz CT molecular complexity index is 867. The SMILES string of the molecule is CCCc1c(Oc2c(Br)cc(C)c(N)c2OCCCO)ccc(C(C)=O)c1O. The Kier molecular flexibility index (Phi) is 7.71. The van der Waals surface area contributed by atoms with Gasteiger partial charge < -0.3 is 25.4 Å². The van der Waals surface area contributed by atoms with E-state index in [4.69, 9.17) is 20.3 Å². The van der Waals surface area contributed by atoms with Crippen LogP contribution in [0, 0.1) is 6.92 Å². The van der Waals surface area contributed by atoms with Crippen LogP contribution < -0.4 is 15.2 Å². The second-order valence-electron chi connectivity index (χ2n) is 6.52. The number of hydrogen-bond acceptors (Lipinski definition) is 6. The fourth-order valence-electron chi connectivity index (χ4n) is 2.82. The number of nitrogen functional groups attached to an aromatic ring is 1. The number of nitrogens with two attached hydrogens (primary N) is 1. The first kappa shape index (κ1) is 22.0. The molecule has 28 heavy (non-hydrogen) atoms. The van der Waals surface area contributed by atoms with E-state index in [-0.39, 0.29) is 30.3 Å². The van der Waals surface area contributed by atoms with Gasteiger partial charge in [0.2, 0.25) is 0 Å². The van der Waals surface area contributed by atoms with E-state index in [0.29, 0.717) is 45.8 Å². The molecule has 0 amide bonds. The molecule has 0 atom stereocenters. The Morgan fingerprint density at radius 3 is 2.61 bits per heavy atom. The van der Waals surface area contributed by atoms with Crippen LogP contribution in [0.4, 0.5) is 5.69 Å². The number of ketones is 1. The maximum atomic E-state index is 11.8. The molecule has 0 heterocycles. The van der Waals surface area contributed by atoms with Crippen molar-refractivity contribution >= 4 is 27.4 Å². The molecule has 2 aromatic carbocycles. The third kappa shape index (κ3) is 4.77. The van der Waals surface area contributed by atoms with E-state index < -0.39 is 0 Å². The van der Waals surface area contributed by atoms with E-state index in [1.807, 2.05) is 19.9 Å². The Balaban J connectivity index is 2.54. The topological polar surface area (TPSA) is 102 Å². The van der Waals surface area contributed by atoms with E-state index >= 15 is 0 Å². The van der Waals surface area contributed by atoms with Crippen molar-refractivity contribution < 1.29 is 24.5 Å². The summed E-state index contributed by atoms with van der Waals surface area (Å²) in [5.74, 6) is 0.910. The quantitative estimate of drug-likeness (QED) is 0.288. The highest BCUT2D eigenvalue weighted by Gasteiger charge is 2.21. The first-order valence-electron chi connectivity index (χ1n) is 9.17. The first-order valence-corrected chi connectivity index (χ1v) is 9.96. The number of aryl methyl sites for hydroxylation is 1. The molecule has 0 aliphatic carbocycles.